The van der Waals surface area contributed by atoms with Crippen molar-refractivity contribution in [2.75, 3.05) is 19.7 Å². The number of amides is 1. The quantitative estimate of drug-likeness (QED) is 0.873. The summed E-state index contributed by atoms with van der Waals surface area (Å²) in [4.78, 5) is 13.8. The number of likely N-dealkylation sites (tertiary alicyclic amines) is 1. The zero-order valence-electron chi connectivity index (χ0n) is 10.6. The van der Waals surface area contributed by atoms with Crippen molar-refractivity contribution in [3.8, 4) is 0 Å². The van der Waals surface area contributed by atoms with E-state index in [9.17, 15) is 18.0 Å². The molecule has 1 amide bonds. The maximum absolute atomic E-state index is 12.2. The topological polar surface area (TPSA) is 40.5 Å². The molecular formula is C13H14F3NO2S. The molecule has 0 aliphatic carbocycles. The molecule has 1 aromatic carbocycles. The van der Waals surface area contributed by atoms with Gasteiger partial charge in [0.05, 0.1) is 0 Å². The maximum atomic E-state index is 12.2. The molecule has 1 N–H and O–H groups in total. The number of benzene rings is 1. The van der Waals surface area contributed by atoms with E-state index in [1.54, 1.807) is 4.90 Å². The van der Waals surface area contributed by atoms with E-state index >= 15 is 0 Å². The Kier molecular flexibility index (Phi) is 4.59. The summed E-state index contributed by atoms with van der Waals surface area (Å²) in [6.07, 6.45) is 0.754. The lowest BCUT2D eigenvalue weighted by molar-refractivity contribution is -0.0328. The van der Waals surface area contributed by atoms with Gasteiger partial charge in [-0.3, -0.25) is 4.79 Å². The van der Waals surface area contributed by atoms with Crippen molar-refractivity contribution in [1.82, 2.24) is 4.90 Å². The molecule has 7 heteroatoms. The normalized spacial score (nSPS) is 19.4. The Morgan fingerprint density at radius 2 is 2.00 bits per heavy atom. The fraction of sp³-hybridized carbons (Fsp3) is 0.462. The highest BCUT2D eigenvalue weighted by atomic mass is 32.2. The highest BCUT2D eigenvalue weighted by Crippen LogP contribution is 2.36. The van der Waals surface area contributed by atoms with Crippen LogP contribution in [-0.2, 0) is 0 Å². The van der Waals surface area contributed by atoms with Crippen LogP contribution in [0.3, 0.4) is 0 Å². The lowest BCUT2D eigenvalue weighted by atomic mass is 10.1. The van der Waals surface area contributed by atoms with E-state index in [1.165, 1.54) is 24.3 Å². The molecule has 1 aliphatic heterocycles. The van der Waals surface area contributed by atoms with Crippen LogP contribution < -0.4 is 0 Å². The van der Waals surface area contributed by atoms with Gasteiger partial charge in [-0.1, -0.05) is 0 Å². The van der Waals surface area contributed by atoms with Crippen LogP contribution in [0.15, 0.2) is 29.2 Å². The minimum absolute atomic E-state index is 0.0466. The van der Waals surface area contributed by atoms with E-state index in [-0.39, 0.29) is 35.1 Å². The number of thioether (sulfide) groups is 1. The summed E-state index contributed by atoms with van der Waals surface area (Å²) in [5.41, 5.74) is -3.95. The molecule has 0 aromatic heterocycles. The van der Waals surface area contributed by atoms with Gasteiger partial charge in [-0.25, -0.2) is 0 Å². The Balaban J connectivity index is 2.01. The second-order valence-corrected chi connectivity index (χ2v) is 5.80. The number of hydrogen-bond donors (Lipinski definition) is 1. The standard InChI is InChI=1S/C13H14F3NO2S/c14-13(15,16)20-11-3-1-10(2-4-11)12(19)17-6-5-9(7-17)8-18/h1-4,9,18H,5-8H2. The van der Waals surface area contributed by atoms with Gasteiger partial charge in [0.25, 0.3) is 5.91 Å². The van der Waals surface area contributed by atoms with Crippen LogP contribution in [0.5, 0.6) is 0 Å². The summed E-state index contributed by atoms with van der Waals surface area (Å²) >= 11 is -0.201. The van der Waals surface area contributed by atoms with Crippen molar-refractivity contribution in [3.05, 3.63) is 29.8 Å². The molecule has 3 nitrogen and oxygen atoms in total. The molecule has 1 unspecified atom stereocenters. The van der Waals surface area contributed by atoms with E-state index in [4.69, 9.17) is 5.11 Å². The molecule has 1 heterocycles. The highest BCUT2D eigenvalue weighted by Gasteiger charge is 2.30. The molecule has 110 valence electrons. The third-order valence-electron chi connectivity index (χ3n) is 3.17. The number of alkyl halides is 3. The first-order valence-electron chi connectivity index (χ1n) is 6.15. The third-order valence-corrected chi connectivity index (χ3v) is 3.91. The summed E-state index contributed by atoms with van der Waals surface area (Å²) in [6.45, 7) is 1.11. The van der Waals surface area contributed by atoms with E-state index in [0.717, 1.165) is 6.42 Å². The number of halogens is 3. The molecule has 1 aliphatic rings. The Morgan fingerprint density at radius 3 is 2.50 bits per heavy atom. The zero-order valence-corrected chi connectivity index (χ0v) is 11.4. The summed E-state index contributed by atoms with van der Waals surface area (Å²) in [6, 6.07) is 5.40. The Labute approximate surface area is 118 Å². The number of aliphatic hydroxyl groups excluding tert-OH is 1. The van der Waals surface area contributed by atoms with Crippen LogP contribution in [0, 0.1) is 5.92 Å². The molecule has 0 radical (unpaired) electrons. The molecule has 2 rings (SSSR count). The van der Waals surface area contributed by atoms with Gasteiger partial charge in [0.1, 0.15) is 0 Å². The van der Waals surface area contributed by atoms with Crippen molar-refractivity contribution in [1.29, 1.82) is 0 Å². The van der Waals surface area contributed by atoms with Crippen molar-refractivity contribution >= 4 is 17.7 Å². The number of hydrogen-bond acceptors (Lipinski definition) is 3. The number of carbonyl (C=O) groups is 1. The zero-order chi connectivity index (χ0) is 14.8. The SMILES string of the molecule is O=C(c1ccc(SC(F)(F)F)cc1)N1CCC(CO)C1. The molecule has 1 saturated heterocycles. The lowest BCUT2D eigenvalue weighted by Gasteiger charge is -2.16. The average molecular weight is 305 g/mol. The number of rotatable bonds is 3. The average Bonchev–Trinajstić information content (AvgIpc) is 2.85. The largest absolute Gasteiger partial charge is 0.446 e. The molecule has 1 fully saturated rings. The molecule has 20 heavy (non-hydrogen) atoms. The van der Waals surface area contributed by atoms with Gasteiger partial charge in [-0.2, -0.15) is 13.2 Å². The van der Waals surface area contributed by atoms with Gasteiger partial charge < -0.3 is 10.0 Å². The summed E-state index contributed by atoms with van der Waals surface area (Å²) in [5.74, 6) is -0.108. The first-order valence-corrected chi connectivity index (χ1v) is 6.96. The monoisotopic (exact) mass is 305 g/mol. The van der Waals surface area contributed by atoms with Gasteiger partial charge in [0, 0.05) is 36.1 Å². The van der Waals surface area contributed by atoms with Crippen molar-refractivity contribution in [2.45, 2.75) is 16.8 Å². The van der Waals surface area contributed by atoms with Gasteiger partial charge in [0.2, 0.25) is 0 Å². The van der Waals surface area contributed by atoms with Crippen LogP contribution in [-0.4, -0.2) is 41.1 Å². The van der Waals surface area contributed by atoms with Crippen molar-refractivity contribution in [3.63, 3.8) is 0 Å². The fourth-order valence-corrected chi connectivity index (χ4v) is 2.69. The molecule has 1 atom stereocenters. The fourth-order valence-electron chi connectivity index (χ4n) is 2.15. The van der Waals surface area contributed by atoms with Gasteiger partial charge >= 0.3 is 5.51 Å². The van der Waals surface area contributed by atoms with Crippen molar-refractivity contribution in [2.24, 2.45) is 5.92 Å². The molecule has 0 saturated carbocycles. The number of carbonyl (C=O) groups excluding carboxylic acids is 1. The third kappa shape index (κ3) is 3.89. The first kappa shape index (κ1) is 15.2. The Bertz CT molecular complexity index is 475. The predicted octanol–water partition coefficient (Wildman–Crippen LogP) is 2.75. The van der Waals surface area contributed by atoms with Gasteiger partial charge in [-0.05, 0) is 42.4 Å². The smallest absolute Gasteiger partial charge is 0.396 e. The van der Waals surface area contributed by atoms with E-state index < -0.39 is 5.51 Å². The molecular weight excluding hydrogens is 291 g/mol. The molecule has 0 bridgehead atoms. The minimum atomic E-state index is -4.32. The van der Waals surface area contributed by atoms with E-state index in [2.05, 4.69) is 0 Å². The second kappa shape index (κ2) is 6.05. The Morgan fingerprint density at radius 1 is 1.35 bits per heavy atom. The maximum Gasteiger partial charge on any atom is 0.446 e. The minimum Gasteiger partial charge on any atom is -0.396 e. The lowest BCUT2D eigenvalue weighted by Crippen LogP contribution is -2.29. The van der Waals surface area contributed by atoms with E-state index in [0.29, 0.717) is 18.7 Å². The number of aliphatic hydroxyl groups is 1. The summed E-state index contributed by atoms with van der Waals surface area (Å²) in [7, 11) is 0. The van der Waals surface area contributed by atoms with Crippen LogP contribution in [0.4, 0.5) is 13.2 Å². The molecule has 1 aromatic rings. The highest BCUT2D eigenvalue weighted by molar-refractivity contribution is 8.00. The predicted molar refractivity (Wildman–Crippen MR) is 69.5 cm³/mol. The van der Waals surface area contributed by atoms with Crippen LogP contribution in [0.2, 0.25) is 0 Å². The van der Waals surface area contributed by atoms with Crippen LogP contribution in [0.1, 0.15) is 16.8 Å². The second-order valence-electron chi connectivity index (χ2n) is 4.66. The first-order chi connectivity index (χ1) is 9.39. The van der Waals surface area contributed by atoms with E-state index in [1.807, 2.05) is 0 Å². The Hall–Kier alpha value is -1.21. The van der Waals surface area contributed by atoms with Gasteiger partial charge in [-0.15, -0.1) is 0 Å². The van der Waals surface area contributed by atoms with Crippen LogP contribution >= 0.6 is 11.8 Å². The molecule has 0 spiro atoms. The number of nitrogens with zero attached hydrogens (tertiary/aromatic N) is 1. The van der Waals surface area contributed by atoms with Gasteiger partial charge in [0.15, 0.2) is 0 Å². The van der Waals surface area contributed by atoms with Crippen molar-refractivity contribution < 1.29 is 23.1 Å². The van der Waals surface area contributed by atoms with Crippen LogP contribution in [0.25, 0.3) is 0 Å². The summed E-state index contributed by atoms with van der Waals surface area (Å²) in [5, 5.41) is 9.03. The summed E-state index contributed by atoms with van der Waals surface area (Å²) < 4.78 is 36.6.